The first-order valence-corrected chi connectivity index (χ1v) is 13.0. The van der Waals surface area contributed by atoms with Crippen molar-refractivity contribution in [2.75, 3.05) is 0 Å². The highest BCUT2D eigenvalue weighted by atomic mass is 32.2. The molecule has 2 aromatic rings. The Morgan fingerprint density at radius 3 is 2.23 bits per heavy atom. The fraction of sp³-hybridized carbons (Fsp3) is 0.520. The van der Waals surface area contributed by atoms with Crippen molar-refractivity contribution in [3.05, 3.63) is 51.6 Å². The van der Waals surface area contributed by atoms with Crippen LogP contribution in [0.25, 0.3) is 4.85 Å². The first kappa shape index (κ1) is 28.2. The minimum absolute atomic E-state index is 0.0350. The van der Waals surface area contributed by atoms with Crippen molar-refractivity contribution in [2.45, 2.75) is 84.7 Å². The van der Waals surface area contributed by atoms with Crippen LogP contribution < -0.4 is 10.3 Å². The molecule has 10 heteroatoms. The van der Waals surface area contributed by atoms with E-state index in [2.05, 4.69) is 40.6 Å². The Morgan fingerprint density at radius 1 is 1.11 bits per heavy atom. The van der Waals surface area contributed by atoms with E-state index in [1.165, 1.54) is 31.2 Å². The van der Waals surface area contributed by atoms with Gasteiger partial charge in [-0.05, 0) is 68.9 Å². The van der Waals surface area contributed by atoms with E-state index in [0.29, 0.717) is 18.5 Å². The SMILES string of the molecule is [C-]#[N+]c1c(C)c(N=Nc2ccc(S(=O)(=O)NC(C)(C)CC(C)(C)C)cc2)c(=O)n(CCCC)c1O. The molecule has 0 aliphatic carbocycles. The van der Waals surface area contributed by atoms with Gasteiger partial charge in [-0.25, -0.2) is 18.0 Å². The standard InChI is InChI=1S/C25H35N5O4S/c1-9-10-15-30-22(31)20(26-8)17(2)21(23(30)32)28-27-18-11-13-19(14-12-18)35(33,34)29-25(6,7)16-24(3,4)5/h11-14,29,31H,9-10,15-16H2,1-7H3. The second-order valence-electron chi connectivity index (χ2n) is 10.5. The Hall–Kier alpha value is -3.03. The highest BCUT2D eigenvalue weighted by Crippen LogP contribution is 2.35. The van der Waals surface area contributed by atoms with Crippen LogP contribution in [-0.2, 0) is 16.6 Å². The molecule has 1 aromatic carbocycles. The van der Waals surface area contributed by atoms with Gasteiger partial charge in [0.1, 0.15) is 5.69 Å². The third kappa shape index (κ3) is 7.23. The molecule has 0 aliphatic heterocycles. The van der Waals surface area contributed by atoms with Crippen LogP contribution in [0.5, 0.6) is 5.88 Å². The molecule has 0 saturated carbocycles. The number of benzene rings is 1. The maximum absolute atomic E-state index is 12.9. The third-order valence-corrected chi connectivity index (χ3v) is 6.98. The first-order valence-electron chi connectivity index (χ1n) is 11.5. The molecule has 0 fully saturated rings. The number of aromatic nitrogens is 1. The summed E-state index contributed by atoms with van der Waals surface area (Å²) in [6.07, 6.45) is 2.11. The summed E-state index contributed by atoms with van der Waals surface area (Å²) in [5.74, 6) is -0.369. The summed E-state index contributed by atoms with van der Waals surface area (Å²) in [6, 6.07) is 5.85. The summed E-state index contributed by atoms with van der Waals surface area (Å²) >= 11 is 0. The molecule has 0 saturated heterocycles. The molecule has 0 spiro atoms. The van der Waals surface area contributed by atoms with Crippen molar-refractivity contribution in [2.24, 2.45) is 15.6 Å². The Bertz CT molecular complexity index is 1300. The summed E-state index contributed by atoms with van der Waals surface area (Å²) in [5, 5.41) is 18.5. The van der Waals surface area contributed by atoms with Gasteiger partial charge in [0.2, 0.25) is 15.7 Å². The molecule has 0 aliphatic rings. The molecule has 2 N–H and O–H groups in total. The number of nitrogens with one attached hydrogen (secondary N) is 1. The van der Waals surface area contributed by atoms with Crippen LogP contribution in [0.3, 0.4) is 0 Å². The van der Waals surface area contributed by atoms with Gasteiger partial charge in [-0.2, -0.15) is 5.11 Å². The molecule has 190 valence electrons. The van der Waals surface area contributed by atoms with E-state index < -0.39 is 21.1 Å². The molecule has 1 aromatic heterocycles. The van der Waals surface area contributed by atoms with Gasteiger partial charge in [-0.1, -0.05) is 34.1 Å². The van der Waals surface area contributed by atoms with Crippen LogP contribution in [-0.4, -0.2) is 23.6 Å². The van der Waals surface area contributed by atoms with Gasteiger partial charge in [0.15, 0.2) is 5.88 Å². The monoisotopic (exact) mass is 501 g/mol. The highest BCUT2D eigenvalue weighted by molar-refractivity contribution is 7.89. The van der Waals surface area contributed by atoms with Crippen molar-refractivity contribution in [3.8, 4) is 5.88 Å². The predicted molar refractivity (Wildman–Crippen MR) is 137 cm³/mol. The number of hydrogen-bond donors (Lipinski definition) is 2. The van der Waals surface area contributed by atoms with Crippen LogP contribution >= 0.6 is 0 Å². The van der Waals surface area contributed by atoms with Crippen LogP contribution in [0.2, 0.25) is 0 Å². The Morgan fingerprint density at radius 2 is 1.71 bits per heavy atom. The van der Waals surface area contributed by atoms with E-state index >= 15 is 0 Å². The molecule has 0 radical (unpaired) electrons. The molecular weight excluding hydrogens is 466 g/mol. The number of aromatic hydroxyl groups is 1. The van der Waals surface area contributed by atoms with Gasteiger partial charge >= 0.3 is 0 Å². The number of unbranched alkanes of at least 4 members (excludes halogenated alkanes) is 1. The van der Waals surface area contributed by atoms with Gasteiger partial charge < -0.3 is 5.11 Å². The zero-order valence-electron chi connectivity index (χ0n) is 21.5. The minimum atomic E-state index is -3.75. The molecule has 1 heterocycles. The maximum Gasteiger partial charge on any atom is 0.279 e. The minimum Gasteiger partial charge on any atom is -0.503 e. The van der Waals surface area contributed by atoms with Crippen LogP contribution in [0.15, 0.2) is 44.2 Å². The summed E-state index contributed by atoms with van der Waals surface area (Å²) in [4.78, 5) is 16.3. The van der Waals surface area contributed by atoms with Crippen LogP contribution in [0.1, 0.15) is 66.4 Å². The van der Waals surface area contributed by atoms with Crippen LogP contribution in [0.4, 0.5) is 17.1 Å². The lowest BCUT2D eigenvalue weighted by molar-refractivity contribution is 0.269. The van der Waals surface area contributed by atoms with Crippen molar-refractivity contribution in [1.82, 2.24) is 9.29 Å². The topological polar surface area (TPSA) is 117 Å². The average molecular weight is 502 g/mol. The molecule has 0 amide bonds. The van der Waals surface area contributed by atoms with E-state index in [1.54, 1.807) is 0 Å². The number of azo groups is 1. The van der Waals surface area contributed by atoms with Gasteiger partial charge in [0, 0.05) is 12.1 Å². The van der Waals surface area contributed by atoms with E-state index in [-0.39, 0.29) is 39.7 Å². The summed E-state index contributed by atoms with van der Waals surface area (Å²) in [7, 11) is -3.75. The van der Waals surface area contributed by atoms with Gasteiger partial charge in [0.25, 0.3) is 5.56 Å². The quantitative estimate of drug-likeness (QED) is 0.318. The van der Waals surface area contributed by atoms with Crippen molar-refractivity contribution in [1.29, 1.82) is 0 Å². The van der Waals surface area contributed by atoms with E-state index in [1.807, 2.05) is 20.8 Å². The number of nitrogens with zero attached hydrogens (tertiary/aromatic N) is 4. The Kier molecular flexibility index (Phi) is 8.63. The Labute approximate surface area is 207 Å². The van der Waals surface area contributed by atoms with Crippen molar-refractivity contribution < 1.29 is 13.5 Å². The molecule has 0 unspecified atom stereocenters. The van der Waals surface area contributed by atoms with E-state index in [4.69, 9.17) is 6.57 Å². The number of pyridine rings is 1. The lowest BCUT2D eigenvalue weighted by Crippen LogP contribution is -2.45. The lowest BCUT2D eigenvalue weighted by Gasteiger charge is -2.32. The summed E-state index contributed by atoms with van der Waals surface area (Å²) in [6.45, 7) is 21.0. The third-order valence-electron chi connectivity index (χ3n) is 5.27. The zero-order chi connectivity index (χ0) is 26.6. The molecular formula is C25H35N5O4S. The first-order chi connectivity index (χ1) is 16.1. The average Bonchev–Trinajstić information content (AvgIpc) is 2.71. The Balaban J connectivity index is 2.35. The van der Waals surface area contributed by atoms with Gasteiger partial charge in [-0.15, -0.1) is 5.11 Å². The van der Waals surface area contributed by atoms with Crippen LogP contribution in [0, 0.1) is 18.9 Å². The largest absolute Gasteiger partial charge is 0.503 e. The normalized spacial score (nSPS) is 12.7. The predicted octanol–water partition coefficient (Wildman–Crippen LogP) is 6.12. The smallest absolute Gasteiger partial charge is 0.279 e. The fourth-order valence-corrected chi connectivity index (χ4v) is 5.56. The highest BCUT2D eigenvalue weighted by Gasteiger charge is 2.30. The zero-order valence-corrected chi connectivity index (χ0v) is 22.3. The molecule has 9 nitrogen and oxygen atoms in total. The fourth-order valence-electron chi connectivity index (χ4n) is 4.15. The van der Waals surface area contributed by atoms with Gasteiger partial charge in [-0.3, -0.25) is 9.36 Å². The summed E-state index contributed by atoms with van der Waals surface area (Å²) < 4.78 is 29.7. The number of rotatable bonds is 9. The van der Waals surface area contributed by atoms with Crippen molar-refractivity contribution >= 4 is 27.1 Å². The number of hydrogen-bond acceptors (Lipinski definition) is 6. The number of sulfonamides is 1. The van der Waals surface area contributed by atoms with Gasteiger partial charge in [0.05, 0.1) is 17.2 Å². The molecule has 35 heavy (non-hydrogen) atoms. The molecule has 0 bridgehead atoms. The maximum atomic E-state index is 12.9. The lowest BCUT2D eigenvalue weighted by atomic mass is 9.82. The van der Waals surface area contributed by atoms with E-state index in [0.717, 1.165) is 11.0 Å². The second-order valence-corrected chi connectivity index (χ2v) is 12.2. The molecule has 0 atom stereocenters. The second kappa shape index (κ2) is 10.7. The van der Waals surface area contributed by atoms with Crippen molar-refractivity contribution in [3.63, 3.8) is 0 Å². The molecule has 2 rings (SSSR count). The summed E-state index contributed by atoms with van der Waals surface area (Å²) in [5.41, 5.74) is -0.714. The van der Waals surface area contributed by atoms with E-state index in [9.17, 15) is 18.3 Å².